The van der Waals surface area contributed by atoms with Crippen LogP contribution in [-0.2, 0) is 6.54 Å². The van der Waals surface area contributed by atoms with E-state index in [1.165, 1.54) is 6.33 Å². The number of hydrogen-bond acceptors (Lipinski definition) is 6. The number of pyridine rings is 1. The maximum atomic E-state index is 14.8. The average molecular weight is 359 g/mol. The molecule has 1 atom stereocenters. The largest absolute Gasteiger partial charge is 0.481 e. The lowest BCUT2D eigenvalue weighted by Gasteiger charge is -2.40. The third kappa shape index (κ3) is 3.93. The van der Waals surface area contributed by atoms with Gasteiger partial charge in [-0.2, -0.15) is 0 Å². The molecule has 1 aliphatic heterocycles. The Bertz CT molecular complexity index is 754. The molecule has 140 valence electrons. The van der Waals surface area contributed by atoms with Crippen molar-refractivity contribution in [3.05, 3.63) is 41.7 Å². The van der Waals surface area contributed by atoms with E-state index in [1.54, 1.807) is 7.11 Å². The minimum atomic E-state index is -0.294. The van der Waals surface area contributed by atoms with E-state index in [1.807, 2.05) is 36.9 Å². The zero-order valence-corrected chi connectivity index (χ0v) is 15.8. The molecule has 0 saturated carbocycles. The summed E-state index contributed by atoms with van der Waals surface area (Å²) in [6, 6.07) is 6.05. The summed E-state index contributed by atoms with van der Waals surface area (Å²) in [7, 11) is 1.62. The molecule has 2 aromatic rings. The van der Waals surface area contributed by atoms with E-state index in [9.17, 15) is 4.39 Å². The van der Waals surface area contributed by atoms with E-state index in [0.29, 0.717) is 17.4 Å². The summed E-state index contributed by atoms with van der Waals surface area (Å²) in [5.41, 5.74) is 1.45. The van der Waals surface area contributed by atoms with E-state index < -0.39 is 0 Å². The van der Waals surface area contributed by atoms with Crippen molar-refractivity contribution in [1.29, 1.82) is 0 Å². The molecule has 1 aliphatic rings. The van der Waals surface area contributed by atoms with Crippen molar-refractivity contribution in [3.63, 3.8) is 0 Å². The second-order valence-electron chi connectivity index (χ2n) is 6.99. The molecule has 3 rings (SSSR count). The van der Waals surface area contributed by atoms with Crippen LogP contribution in [0.25, 0.3) is 0 Å². The first-order valence-corrected chi connectivity index (χ1v) is 8.99. The molecule has 1 fully saturated rings. The van der Waals surface area contributed by atoms with Crippen molar-refractivity contribution >= 4 is 5.82 Å². The highest BCUT2D eigenvalue weighted by Crippen LogP contribution is 2.25. The van der Waals surface area contributed by atoms with Crippen LogP contribution in [-0.4, -0.2) is 52.6 Å². The normalized spacial score (nSPS) is 18.4. The lowest BCUT2D eigenvalue weighted by atomic mass is 10.1. The number of hydrogen-bond donors (Lipinski definition) is 0. The highest BCUT2D eigenvalue weighted by molar-refractivity contribution is 5.42. The van der Waals surface area contributed by atoms with Crippen LogP contribution >= 0.6 is 0 Å². The van der Waals surface area contributed by atoms with Crippen molar-refractivity contribution in [2.75, 3.05) is 31.6 Å². The van der Waals surface area contributed by atoms with Gasteiger partial charge in [-0.25, -0.2) is 19.3 Å². The first-order chi connectivity index (χ1) is 12.5. The van der Waals surface area contributed by atoms with Gasteiger partial charge in [0.15, 0.2) is 11.6 Å². The summed E-state index contributed by atoms with van der Waals surface area (Å²) in [5, 5.41) is 0. The molecule has 0 aliphatic carbocycles. The summed E-state index contributed by atoms with van der Waals surface area (Å²) in [6.07, 6.45) is 1.46. The van der Waals surface area contributed by atoms with Gasteiger partial charge in [-0.05, 0) is 18.9 Å². The molecule has 7 heteroatoms. The van der Waals surface area contributed by atoms with Crippen LogP contribution in [0.5, 0.6) is 5.88 Å². The minimum absolute atomic E-state index is 0.0367. The Morgan fingerprint density at radius 1 is 1.27 bits per heavy atom. The fraction of sp³-hybridized carbons (Fsp3) is 0.526. The first-order valence-electron chi connectivity index (χ1n) is 8.99. The molecule has 2 aromatic heterocycles. The molecule has 0 bridgehead atoms. The smallest absolute Gasteiger partial charge is 0.213 e. The molecule has 26 heavy (non-hydrogen) atoms. The van der Waals surface area contributed by atoms with Gasteiger partial charge in [0.2, 0.25) is 5.88 Å². The van der Waals surface area contributed by atoms with Gasteiger partial charge < -0.3 is 9.64 Å². The highest BCUT2D eigenvalue weighted by atomic mass is 19.1. The second-order valence-corrected chi connectivity index (χ2v) is 6.99. The number of nitrogens with zero attached hydrogens (tertiary/aromatic N) is 5. The first kappa shape index (κ1) is 18.5. The maximum absolute atomic E-state index is 14.8. The fourth-order valence-corrected chi connectivity index (χ4v) is 3.29. The molecule has 6 nitrogen and oxygen atoms in total. The van der Waals surface area contributed by atoms with Gasteiger partial charge in [-0.15, -0.1) is 0 Å². The van der Waals surface area contributed by atoms with Crippen LogP contribution in [0.15, 0.2) is 24.5 Å². The second kappa shape index (κ2) is 7.95. The number of methoxy groups -OCH3 is 1. The molecule has 0 radical (unpaired) electrons. The summed E-state index contributed by atoms with van der Waals surface area (Å²) >= 11 is 0. The molecular weight excluding hydrogens is 333 g/mol. The van der Waals surface area contributed by atoms with Crippen LogP contribution in [0.1, 0.15) is 38.1 Å². The van der Waals surface area contributed by atoms with E-state index in [0.717, 1.165) is 31.9 Å². The summed E-state index contributed by atoms with van der Waals surface area (Å²) in [4.78, 5) is 17.1. The molecule has 0 N–H and O–H groups in total. The Balaban J connectivity index is 1.70. The molecule has 1 saturated heterocycles. The minimum Gasteiger partial charge on any atom is -0.481 e. The number of anilines is 1. The van der Waals surface area contributed by atoms with Gasteiger partial charge in [0.05, 0.1) is 18.5 Å². The Morgan fingerprint density at radius 3 is 2.77 bits per heavy atom. The quantitative estimate of drug-likeness (QED) is 0.818. The Hall–Kier alpha value is -2.28. The molecule has 3 heterocycles. The molecule has 1 unspecified atom stereocenters. The number of piperazine rings is 1. The lowest BCUT2D eigenvalue weighted by Crippen LogP contribution is -2.52. The summed E-state index contributed by atoms with van der Waals surface area (Å²) in [5.74, 6) is 0.778. The van der Waals surface area contributed by atoms with Crippen LogP contribution in [0.4, 0.5) is 10.2 Å². The summed E-state index contributed by atoms with van der Waals surface area (Å²) < 4.78 is 20.0. The highest BCUT2D eigenvalue weighted by Gasteiger charge is 2.27. The zero-order valence-electron chi connectivity index (χ0n) is 15.8. The van der Waals surface area contributed by atoms with Gasteiger partial charge >= 0.3 is 0 Å². The number of ether oxygens (including phenoxy) is 1. The van der Waals surface area contributed by atoms with Gasteiger partial charge in [-0.1, -0.05) is 19.9 Å². The Labute approximate surface area is 154 Å². The topological polar surface area (TPSA) is 54.4 Å². The van der Waals surface area contributed by atoms with E-state index >= 15 is 0 Å². The zero-order chi connectivity index (χ0) is 18.7. The SMILES string of the molecule is COc1cccc(CN2CCN(c3ncnc(C(C)C)c3F)CC2C)n1. The van der Waals surface area contributed by atoms with E-state index in [2.05, 4.69) is 26.8 Å². The van der Waals surface area contributed by atoms with Crippen LogP contribution < -0.4 is 9.64 Å². The Kier molecular flexibility index (Phi) is 5.66. The predicted octanol–water partition coefficient (Wildman–Crippen LogP) is 2.85. The predicted molar refractivity (Wildman–Crippen MR) is 99.0 cm³/mol. The maximum Gasteiger partial charge on any atom is 0.213 e. The number of halogens is 1. The van der Waals surface area contributed by atoms with Crippen LogP contribution in [0.2, 0.25) is 0 Å². The molecule has 0 amide bonds. The van der Waals surface area contributed by atoms with Gasteiger partial charge in [0, 0.05) is 38.3 Å². The molecular formula is C19H26FN5O. The van der Waals surface area contributed by atoms with Crippen molar-refractivity contribution in [3.8, 4) is 5.88 Å². The van der Waals surface area contributed by atoms with Crippen molar-refractivity contribution in [2.24, 2.45) is 0 Å². The lowest BCUT2D eigenvalue weighted by molar-refractivity contribution is 0.177. The average Bonchev–Trinajstić information content (AvgIpc) is 2.63. The third-order valence-corrected chi connectivity index (χ3v) is 4.76. The van der Waals surface area contributed by atoms with Gasteiger partial charge in [0.1, 0.15) is 6.33 Å². The number of aromatic nitrogens is 3. The number of rotatable bonds is 5. The fourth-order valence-electron chi connectivity index (χ4n) is 3.29. The van der Waals surface area contributed by atoms with E-state index in [4.69, 9.17) is 4.74 Å². The third-order valence-electron chi connectivity index (χ3n) is 4.76. The standard InChI is InChI=1S/C19H26FN5O/c1-13(2)18-17(20)19(22-12-21-18)25-9-8-24(14(3)10-25)11-15-6-5-7-16(23-15)26-4/h5-7,12-14H,8-11H2,1-4H3. The van der Waals surface area contributed by atoms with Gasteiger partial charge in [0.25, 0.3) is 0 Å². The van der Waals surface area contributed by atoms with Crippen molar-refractivity contribution in [1.82, 2.24) is 19.9 Å². The van der Waals surface area contributed by atoms with Gasteiger partial charge in [-0.3, -0.25) is 4.90 Å². The van der Waals surface area contributed by atoms with Crippen molar-refractivity contribution in [2.45, 2.75) is 39.3 Å². The van der Waals surface area contributed by atoms with E-state index in [-0.39, 0.29) is 17.8 Å². The molecule has 0 aromatic carbocycles. The van der Waals surface area contributed by atoms with Crippen LogP contribution in [0.3, 0.4) is 0 Å². The summed E-state index contributed by atoms with van der Waals surface area (Å²) in [6.45, 7) is 9.04. The molecule has 0 spiro atoms. The Morgan fingerprint density at radius 2 is 2.08 bits per heavy atom. The monoisotopic (exact) mass is 359 g/mol. The van der Waals surface area contributed by atoms with Crippen LogP contribution in [0, 0.1) is 5.82 Å². The van der Waals surface area contributed by atoms with Crippen molar-refractivity contribution < 1.29 is 9.13 Å².